The number of hydrogen-bond donors (Lipinski definition) is 1. The van der Waals surface area contributed by atoms with E-state index in [4.69, 9.17) is 19.2 Å². The molecule has 0 saturated heterocycles. The van der Waals surface area contributed by atoms with Crippen molar-refractivity contribution in [2.75, 3.05) is 11.9 Å². The first kappa shape index (κ1) is 23.3. The lowest BCUT2D eigenvalue weighted by Crippen LogP contribution is -2.20. The van der Waals surface area contributed by atoms with Crippen LogP contribution >= 0.6 is 0 Å². The third kappa shape index (κ3) is 5.92. The minimum Gasteiger partial charge on any atom is -0.489 e. The Hall–Kier alpha value is -4.90. The Balaban J connectivity index is 1.29. The first-order valence-electron chi connectivity index (χ1n) is 10.6. The van der Waals surface area contributed by atoms with Crippen molar-refractivity contribution in [3.8, 4) is 11.8 Å². The lowest BCUT2D eigenvalue weighted by molar-refractivity contribution is -0.119. The molecule has 1 heterocycles. The second-order valence-electron chi connectivity index (χ2n) is 7.71. The predicted molar refractivity (Wildman–Crippen MR) is 128 cm³/mol. The molecule has 174 valence electrons. The zero-order valence-corrected chi connectivity index (χ0v) is 18.7. The minimum absolute atomic E-state index is 0.240. The van der Waals surface area contributed by atoms with E-state index >= 15 is 0 Å². The van der Waals surface area contributed by atoms with E-state index in [2.05, 4.69) is 5.32 Å². The number of rotatable bonds is 7. The highest BCUT2D eigenvalue weighted by molar-refractivity contribution is 5.95. The van der Waals surface area contributed by atoms with Crippen molar-refractivity contribution in [2.45, 2.75) is 13.5 Å². The summed E-state index contributed by atoms with van der Waals surface area (Å²) in [6.07, 6.45) is 0. The molecule has 0 atom stereocenters. The summed E-state index contributed by atoms with van der Waals surface area (Å²) in [4.78, 5) is 35.8. The van der Waals surface area contributed by atoms with Crippen LogP contribution < -0.4 is 15.7 Å². The second kappa shape index (κ2) is 10.4. The van der Waals surface area contributed by atoms with Crippen molar-refractivity contribution in [1.29, 1.82) is 5.26 Å². The highest BCUT2D eigenvalue weighted by Crippen LogP contribution is 2.23. The molecule has 1 N–H and O–H groups in total. The Morgan fingerprint density at radius 1 is 1.00 bits per heavy atom. The van der Waals surface area contributed by atoms with E-state index in [1.807, 2.05) is 19.1 Å². The largest absolute Gasteiger partial charge is 0.489 e. The minimum atomic E-state index is -0.632. The Labute approximate surface area is 200 Å². The average molecular weight is 468 g/mol. The molecular formula is C27H20N2O6. The van der Waals surface area contributed by atoms with E-state index in [-0.39, 0.29) is 6.61 Å². The Morgan fingerprint density at radius 3 is 2.46 bits per heavy atom. The van der Waals surface area contributed by atoms with Gasteiger partial charge >= 0.3 is 11.6 Å². The maximum absolute atomic E-state index is 12.2. The number of amides is 1. The maximum atomic E-state index is 12.2. The number of nitrogens with one attached hydrogen (secondary N) is 1. The lowest BCUT2D eigenvalue weighted by Gasteiger charge is -2.09. The van der Waals surface area contributed by atoms with Gasteiger partial charge in [0.1, 0.15) is 17.9 Å². The average Bonchev–Trinajstić information content (AvgIpc) is 2.86. The van der Waals surface area contributed by atoms with Gasteiger partial charge in [0, 0.05) is 23.2 Å². The summed E-state index contributed by atoms with van der Waals surface area (Å²) < 4.78 is 16.1. The molecule has 8 heteroatoms. The molecular weight excluding hydrogens is 448 g/mol. The Kier molecular flexibility index (Phi) is 6.88. The number of fused-ring (bicyclic) bond motifs is 1. The monoisotopic (exact) mass is 468 g/mol. The van der Waals surface area contributed by atoms with Gasteiger partial charge in [0.2, 0.25) is 0 Å². The fourth-order valence-corrected chi connectivity index (χ4v) is 3.34. The van der Waals surface area contributed by atoms with Gasteiger partial charge in [0.15, 0.2) is 6.61 Å². The summed E-state index contributed by atoms with van der Waals surface area (Å²) >= 11 is 0. The van der Waals surface area contributed by atoms with E-state index in [1.54, 1.807) is 60.7 Å². The van der Waals surface area contributed by atoms with E-state index < -0.39 is 24.1 Å². The number of nitriles is 1. The number of nitrogens with zero attached hydrogens (tertiary/aromatic N) is 1. The fourth-order valence-electron chi connectivity index (χ4n) is 3.34. The van der Waals surface area contributed by atoms with Crippen molar-refractivity contribution < 1.29 is 23.5 Å². The van der Waals surface area contributed by atoms with Crippen molar-refractivity contribution >= 4 is 28.5 Å². The highest BCUT2D eigenvalue weighted by Gasteiger charge is 2.11. The molecule has 3 aromatic carbocycles. The molecule has 35 heavy (non-hydrogen) atoms. The summed E-state index contributed by atoms with van der Waals surface area (Å²) in [7, 11) is 0. The topological polar surface area (TPSA) is 119 Å². The smallest absolute Gasteiger partial charge is 0.338 e. The molecule has 0 aliphatic rings. The summed E-state index contributed by atoms with van der Waals surface area (Å²) in [5.41, 5.74) is 2.95. The van der Waals surface area contributed by atoms with Crippen LogP contribution in [0.2, 0.25) is 0 Å². The first-order valence-corrected chi connectivity index (χ1v) is 10.6. The number of hydrogen-bond acceptors (Lipinski definition) is 7. The van der Waals surface area contributed by atoms with E-state index in [0.29, 0.717) is 28.1 Å². The first-order chi connectivity index (χ1) is 16.9. The van der Waals surface area contributed by atoms with Crippen LogP contribution in [0.5, 0.6) is 5.75 Å². The molecule has 0 radical (unpaired) electrons. The number of carbonyl (C=O) groups is 2. The van der Waals surface area contributed by atoms with Crippen LogP contribution in [-0.4, -0.2) is 18.5 Å². The lowest BCUT2D eigenvalue weighted by atomic mass is 10.1. The van der Waals surface area contributed by atoms with Crippen LogP contribution in [0.1, 0.15) is 27.0 Å². The summed E-state index contributed by atoms with van der Waals surface area (Å²) in [6, 6.07) is 21.7. The number of carbonyl (C=O) groups excluding carboxylic acids is 2. The van der Waals surface area contributed by atoms with Gasteiger partial charge in [-0.1, -0.05) is 12.1 Å². The third-order valence-electron chi connectivity index (χ3n) is 5.15. The van der Waals surface area contributed by atoms with Gasteiger partial charge < -0.3 is 19.2 Å². The Morgan fingerprint density at radius 2 is 1.74 bits per heavy atom. The number of benzene rings is 3. The normalized spacial score (nSPS) is 10.4. The van der Waals surface area contributed by atoms with Gasteiger partial charge in [-0.05, 0) is 66.6 Å². The third-order valence-corrected chi connectivity index (χ3v) is 5.15. The molecule has 0 fully saturated rings. The standard InChI is InChI=1S/C27H20N2O6/c1-17-12-26(31)35-24-13-22(10-11-23(17)24)33-15-19-2-6-20(7-3-19)27(32)34-16-25(30)29-21-8-4-18(14-28)5-9-21/h2-13H,15-16H2,1H3,(H,29,30). The molecule has 8 nitrogen and oxygen atoms in total. The van der Waals surface area contributed by atoms with Crippen LogP contribution in [-0.2, 0) is 16.1 Å². The SMILES string of the molecule is Cc1cc(=O)oc2cc(OCc3ccc(C(=O)OCC(=O)Nc4ccc(C#N)cc4)cc3)ccc12. The van der Waals surface area contributed by atoms with Crippen molar-refractivity contribution in [3.63, 3.8) is 0 Å². The molecule has 0 saturated carbocycles. The van der Waals surface area contributed by atoms with E-state index in [9.17, 15) is 14.4 Å². The van der Waals surface area contributed by atoms with E-state index in [0.717, 1.165) is 16.5 Å². The zero-order valence-electron chi connectivity index (χ0n) is 18.7. The van der Waals surface area contributed by atoms with Gasteiger partial charge in [-0.2, -0.15) is 5.26 Å². The van der Waals surface area contributed by atoms with E-state index in [1.165, 1.54) is 6.07 Å². The fraction of sp³-hybridized carbons (Fsp3) is 0.111. The second-order valence-corrected chi connectivity index (χ2v) is 7.71. The maximum Gasteiger partial charge on any atom is 0.338 e. The molecule has 0 aliphatic carbocycles. The molecule has 0 aliphatic heterocycles. The Bertz CT molecular complexity index is 1480. The number of aryl methyl sites for hydroxylation is 1. The molecule has 1 amide bonds. The quantitative estimate of drug-likeness (QED) is 0.316. The van der Waals surface area contributed by atoms with Crippen molar-refractivity contribution in [2.24, 2.45) is 0 Å². The summed E-state index contributed by atoms with van der Waals surface area (Å²) in [5, 5.41) is 12.2. The number of esters is 1. The molecule has 1 aromatic heterocycles. The van der Waals surface area contributed by atoms with Crippen LogP contribution in [0.15, 0.2) is 82.0 Å². The predicted octanol–water partition coefficient (Wildman–Crippen LogP) is 4.35. The summed E-state index contributed by atoms with van der Waals surface area (Å²) in [5.74, 6) is -0.579. The van der Waals surface area contributed by atoms with Gasteiger partial charge in [0.25, 0.3) is 5.91 Å². The molecule has 0 unspecified atom stereocenters. The van der Waals surface area contributed by atoms with Crippen LogP contribution in [0, 0.1) is 18.3 Å². The van der Waals surface area contributed by atoms with Gasteiger partial charge in [-0.15, -0.1) is 0 Å². The highest BCUT2D eigenvalue weighted by atomic mass is 16.5. The van der Waals surface area contributed by atoms with Crippen molar-refractivity contribution in [3.05, 3.63) is 105 Å². The van der Waals surface area contributed by atoms with Crippen LogP contribution in [0.4, 0.5) is 5.69 Å². The molecule has 0 bridgehead atoms. The summed E-state index contributed by atoms with van der Waals surface area (Å²) in [6.45, 7) is 1.64. The van der Waals surface area contributed by atoms with Gasteiger partial charge in [-0.3, -0.25) is 4.79 Å². The molecule has 4 rings (SSSR count). The van der Waals surface area contributed by atoms with Crippen molar-refractivity contribution in [1.82, 2.24) is 0 Å². The number of ether oxygens (including phenoxy) is 2. The number of anilines is 1. The van der Waals surface area contributed by atoms with Gasteiger partial charge in [-0.25, -0.2) is 9.59 Å². The zero-order chi connectivity index (χ0) is 24.8. The molecule has 0 spiro atoms. The van der Waals surface area contributed by atoms with Crippen LogP contribution in [0.25, 0.3) is 11.0 Å². The van der Waals surface area contributed by atoms with Crippen LogP contribution in [0.3, 0.4) is 0 Å². The van der Waals surface area contributed by atoms with Gasteiger partial charge in [0.05, 0.1) is 17.2 Å². The molecule has 4 aromatic rings.